The topological polar surface area (TPSA) is 54.9 Å². The molecule has 0 aliphatic rings. The number of hydrogen-bond acceptors (Lipinski definition) is 3. The number of nitrogens with one attached hydrogen (secondary N) is 1. The molecule has 3 N–H and O–H groups in total. The highest BCUT2D eigenvalue weighted by molar-refractivity contribution is 7.10. The summed E-state index contributed by atoms with van der Waals surface area (Å²) >= 11 is 1.72. The van der Waals surface area contributed by atoms with Crippen LogP contribution in [-0.2, 0) is 4.79 Å². The normalized spacial score (nSPS) is 12.0. The Balaban J connectivity index is 1.69. The Bertz CT molecular complexity index is 889. The summed E-state index contributed by atoms with van der Waals surface area (Å²) in [4.78, 5) is 13.7. The van der Waals surface area contributed by atoms with Crippen molar-refractivity contribution in [1.82, 2.24) is 0 Å². The van der Waals surface area contributed by atoms with Crippen LogP contribution in [0.25, 0.3) is 0 Å². The number of hydrogen-bond donors (Lipinski definition) is 2. The van der Waals surface area contributed by atoms with E-state index in [-0.39, 0.29) is 11.9 Å². The average molecular weight is 396 g/mol. The predicted molar refractivity (Wildman–Crippen MR) is 115 cm³/mol. The van der Waals surface area contributed by atoms with E-state index in [2.05, 4.69) is 66.3 Å². The highest BCUT2D eigenvalue weighted by atomic mass is 32.1. The standard InChI is InChI=1S/C23H26N2O2S/c1-16(2)17-9-11-18(12-10-17)23(21-8-5-13-28-21)24-15-22(26)25-19-6-4-7-20(14-19)27-3/h4-14,16,23-24H,15H2,1-3H3,(H,25,26)/p+1/t23-/m1/s1. The minimum absolute atomic E-state index is 0.0337. The third-order valence-corrected chi connectivity index (χ3v) is 5.66. The molecule has 0 spiro atoms. The average Bonchev–Trinajstić information content (AvgIpc) is 3.23. The molecule has 0 saturated heterocycles. The van der Waals surface area contributed by atoms with Crippen LogP contribution in [0.5, 0.6) is 5.75 Å². The van der Waals surface area contributed by atoms with Gasteiger partial charge in [-0.25, -0.2) is 0 Å². The molecular formula is C23H27N2O2S+. The number of methoxy groups -OCH3 is 1. The van der Waals surface area contributed by atoms with Gasteiger partial charge < -0.3 is 15.4 Å². The fourth-order valence-corrected chi connectivity index (χ4v) is 3.96. The van der Waals surface area contributed by atoms with Crippen LogP contribution in [0.4, 0.5) is 5.69 Å². The van der Waals surface area contributed by atoms with Crippen LogP contribution in [-0.4, -0.2) is 19.6 Å². The molecule has 0 fully saturated rings. The van der Waals surface area contributed by atoms with E-state index >= 15 is 0 Å². The van der Waals surface area contributed by atoms with Gasteiger partial charge in [0.15, 0.2) is 6.54 Å². The van der Waals surface area contributed by atoms with Gasteiger partial charge in [-0.2, -0.15) is 0 Å². The third kappa shape index (κ3) is 5.21. The molecule has 0 saturated carbocycles. The lowest BCUT2D eigenvalue weighted by molar-refractivity contribution is -0.675. The second kappa shape index (κ2) is 9.53. The molecule has 3 rings (SSSR count). The third-order valence-electron chi connectivity index (χ3n) is 4.70. The Hall–Kier alpha value is -2.63. The highest BCUT2D eigenvalue weighted by Crippen LogP contribution is 2.24. The summed E-state index contributed by atoms with van der Waals surface area (Å²) in [7, 11) is 1.62. The lowest BCUT2D eigenvalue weighted by atomic mass is 9.98. The van der Waals surface area contributed by atoms with Crippen molar-refractivity contribution in [2.45, 2.75) is 25.8 Å². The molecule has 146 valence electrons. The number of carbonyl (C=O) groups is 1. The van der Waals surface area contributed by atoms with Gasteiger partial charge in [0.2, 0.25) is 0 Å². The summed E-state index contributed by atoms with van der Waals surface area (Å²) in [6.45, 7) is 4.73. The van der Waals surface area contributed by atoms with Crippen molar-refractivity contribution in [2.24, 2.45) is 0 Å². The second-order valence-electron chi connectivity index (χ2n) is 7.03. The smallest absolute Gasteiger partial charge is 0.279 e. The van der Waals surface area contributed by atoms with E-state index in [0.717, 1.165) is 11.4 Å². The zero-order valence-electron chi connectivity index (χ0n) is 16.5. The Morgan fingerprint density at radius 2 is 1.82 bits per heavy atom. The van der Waals surface area contributed by atoms with Gasteiger partial charge in [0.05, 0.1) is 12.0 Å². The number of anilines is 1. The molecule has 0 aliphatic carbocycles. The van der Waals surface area contributed by atoms with Crippen LogP contribution in [0.15, 0.2) is 66.0 Å². The van der Waals surface area contributed by atoms with E-state index in [4.69, 9.17) is 4.74 Å². The van der Waals surface area contributed by atoms with Crippen molar-refractivity contribution in [3.05, 3.63) is 82.0 Å². The molecule has 0 aliphatic heterocycles. The van der Waals surface area contributed by atoms with Crippen molar-refractivity contribution in [2.75, 3.05) is 19.0 Å². The van der Waals surface area contributed by atoms with Crippen LogP contribution in [0.1, 0.15) is 41.8 Å². The summed E-state index contributed by atoms with van der Waals surface area (Å²) in [5.41, 5.74) is 3.28. The van der Waals surface area contributed by atoms with Gasteiger partial charge in [-0.05, 0) is 35.1 Å². The minimum atomic E-state index is -0.0337. The minimum Gasteiger partial charge on any atom is -0.497 e. The molecule has 1 heterocycles. The first kappa shape index (κ1) is 20.1. The van der Waals surface area contributed by atoms with E-state index in [1.807, 2.05) is 24.3 Å². The molecule has 2 aromatic carbocycles. The van der Waals surface area contributed by atoms with Crippen molar-refractivity contribution in [1.29, 1.82) is 0 Å². The van der Waals surface area contributed by atoms with Gasteiger partial charge in [-0.1, -0.05) is 50.2 Å². The van der Waals surface area contributed by atoms with Crippen LogP contribution in [0, 0.1) is 0 Å². The first-order valence-electron chi connectivity index (χ1n) is 9.47. The largest absolute Gasteiger partial charge is 0.497 e. The number of quaternary nitrogens is 1. The van der Waals surface area contributed by atoms with Crippen molar-refractivity contribution in [3.63, 3.8) is 0 Å². The lowest BCUT2D eigenvalue weighted by Gasteiger charge is -2.16. The van der Waals surface area contributed by atoms with E-state index in [9.17, 15) is 4.79 Å². The molecule has 4 nitrogen and oxygen atoms in total. The van der Waals surface area contributed by atoms with Crippen molar-refractivity contribution >= 4 is 22.9 Å². The Kier molecular flexibility index (Phi) is 6.85. The zero-order valence-corrected chi connectivity index (χ0v) is 17.3. The number of amides is 1. The first-order chi connectivity index (χ1) is 13.6. The number of nitrogens with two attached hydrogens (primary N) is 1. The second-order valence-corrected chi connectivity index (χ2v) is 8.01. The lowest BCUT2D eigenvalue weighted by Crippen LogP contribution is -2.87. The number of carbonyl (C=O) groups excluding carboxylic acids is 1. The molecule has 28 heavy (non-hydrogen) atoms. The van der Waals surface area contributed by atoms with Gasteiger partial charge in [0.25, 0.3) is 5.91 Å². The van der Waals surface area contributed by atoms with Gasteiger partial charge >= 0.3 is 0 Å². The fraction of sp³-hybridized carbons (Fsp3) is 0.261. The molecule has 0 radical (unpaired) electrons. The monoisotopic (exact) mass is 395 g/mol. The Labute approximate surface area is 170 Å². The predicted octanol–water partition coefficient (Wildman–Crippen LogP) is 4.17. The van der Waals surface area contributed by atoms with Gasteiger partial charge in [-0.3, -0.25) is 4.79 Å². The van der Waals surface area contributed by atoms with Gasteiger partial charge in [-0.15, -0.1) is 11.3 Å². The van der Waals surface area contributed by atoms with Crippen molar-refractivity contribution in [3.8, 4) is 5.75 Å². The molecule has 1 aromatic heterocycles. The summed E-state index contributed by atoms with van der Waals surface area (Å²) in [6, 6.07) is 20.4. The Morgan fingerprint density at radius 3 is 2.46 bits per heavy atom. The van der Waals surface area contributed by atoms with Crippen LogP contribution in [0.3, 0.4) is 0 Å². The van der Waals surface area contributed by atoms with E-state index in [1.165, 1.54) is 16.0 Å². The van der Waals surface area contributed by atoms with E-state index < -0.39 is 0 Å². The van der Waals surface area contributed by atoms with Crippen molar-refractivity contribution < 1.29 is 14.8 Å². The van der Waals surface area contributed by atoms with Crippen LogP contribution < -0.4 is 15.4 Å². The van der Waals surface area contributed by atoms with Crippen LogP contribution in [0.2, 0.25) is 0 Å². The molecule has 1 atom stereocenters. The highest BCUT2D eigenvalue weighted by Gasteiger charge is 2.20. The quantitative estimate of drug-likeness (QED) is 0.601. The molecule has 0 unspecified atom stereocenters. The number of thiophene rings is 1. The number of rotatable bonds is 8. The molecule has 1 amide bonds. The summed E-state index contributed by atoms with van der Waals surface area (Å²) < 4.78 is 5.21. The van der Waals surface area contributed by atoms with Crippen LogP contribution >= 0.6 is 11.3 Å². The molecule has 0 bridgehead atoms. The maximum absolute atomic E-state index is 12.5. The molecule has 5 heteroatoms. The number of ether oxygens (including phenoxy) is 1. The maximum atomic E-state index is 12.5. The van der Waals surface area contributed by atoms with E-state index in [1.54, 1.807) is 18.4 Å². The molecular weight excluding hydrogens is 368 g/mol. The maximum Gasteiger partial charge on any atom is 0.279 e. The SMILES string of the molecule is COc1cccc(NC(=O)C[NH2+][C@H](c2ccc(C(C)C)cc2)c2cccs2)c1. The zero-order chi connectivity index (χ0) is 19.9. The summed E-state index contributed by atoms with van der Waals surface area (Å²) in [5, 5.41) is 7.11. The van der Waals surface area contributed by atoms with Gasteiger partial charge in [0.1, 0.15) is 11.8 Å². The Morgan fingerprint density at radius 1 is 1.07 bits per heavy atom. The number of benzene rings is 2. The summed E-state index contributed by atoms with van der Waals surface area (Å²) in [5.74, 6) is 1.20. The molecule has 3 aromatic rings. The fourth-order valence-electron chi connectivity index (χ4n) is 3.11. The van der Waals surface area contributed by atoms with E-state index in [0.29, 0.717) is 12.5 Å². The van der Waals surface area contributed by atoms with Gasteiger partial charge in [0, 0.05) is 17.3 Å². The first-order valence-corrected chi connectivity index (χ1v) is 10.3. The summed E-state index contributed by atoms with van der Waals surface area (Å²) in [6.07, 6.45) is 0.